The first-order valence-corrected chi connectivity index (χ1v) is 5.59. The van der Waals surface area contributed by atoms with Crippen molar-refractivity contribution in [2.75, 3.05) is 6.61 Å². The van der Waals surface area contributed by atoms with Crippen LogP contribution in [0.2, 0.25) is 0 Å². The van der Waals surface area contributed by atoms with Crippen molar-refractivity contribution in [3.8, 4) is 5.75 Å². The minimum Gasteiger partial charge on any atom is -0.491 e. The summed E-state index contributed by atoms with van der Waals surface area (Å²) in [5.41, 5.74) is 0. The van der Waals surface area contributed by atoms with Crippen LogP contribution in [0.3, 0.4) is 0 Å². The van der Waals surface area contributed by atoms with Gasteiger partial charge in [0.25, 0.3) is 0 Å². The Hall–Kier alpha value is -1.81. The molecule has 0 unspecified atom stereocenters. The fourth-order valence-electron chi connectivity index (χ4n) is 1.59. The van der Waals surface area contributed by atoms with Gasteiger partial charge in [0.15, 0.2) is 0 Å². The van der Waals surface area contributed by atoms with Crippen LogP contribution >= 0.6 is 0 Å². The topological polar surface area (TPSA) is 47.3 Å². The molecule has 0 aliphatic carbocycles. The van der Waals surface area contributed by atoms with Gasteiger partial charge in [-0.2, -0.15) is 0 Å². The lowest BCUT2D eigenvalue weighted by Crippen LogP contribution is -2.23. The smallest absolute Gasteiger partial charge is 0.119 e. The predicted octanol–water partition coefficient (Wildman–Crippen LogP) is 1.63. The van der Waals surface area contributed by atoms with Crippen molar-refractivity contribution in [2.45, 2.75) is 19.6 Å². The molecule has 4 heteroatoms. The molecule has 2 rings (SSSR count). The first-order valence-electron chi connectivity index (χ1n) is 5.59. The van der Waals surface area contributed by atoms with Crippen molar-refractivity contribution in [3.05, 3.63) is 48.5 Å². The maximum Gasteiger partial charge on any atom is 0.119 e. The Kier molecular flexibility index (Phi) is 3.77. The van der Waals surface area contributed by atoms with Gasteiger partial charge < -0.3 is 14.4 Å². The molecule has 1 atom stereocenters. The van der Waals surface area contributed by atoms with Crippen LogP contribution < -0.4 is 4.74 Å². The molecule has 0 aliphatic rings. The number of aliphatic hydroxyl groups is 1. The second kappa shape index (κ2) is 5.50. The van der Waals surface area contributed by atoms with E-state index in [-0.39, 0.29) is 6.61 Å². The van der Waals surface area contributed by atoms with Crippen LogP contribution in [0.15, 0.2) is 42.7 Å². The van der Waals surface area contributed by atoms with E-state index < -0.39 is 6.10 Å². The van der Waals surface area contributed by atoms with Crippen LogP contribution in [-0.4, -0.2) is 27.4 Å². The van der Waals surface area contributed by atoms with Crippen LogP contribution in [0.4, 0.5) is 0 Å². The molecule has 2 aromatic rings. The van der Waals surface area contributed by atoms with E-state index in [1.165, 1.54) is 0 Å². The lowest BCUT2D eigenvalue weighted by Gasteiger charge is -2.13. The fraction of sp³-hybridized carbons (Fsp3) is 0.308. The zero-order valence-corrected chi connectivity index (χ0v) is 9.78. The highest BCUT2D eigenvalue weighted by atomic mass is 16.5. The number of imidazole rings is 1. The third kappa shape index (κ3) is 3.32. The number of hydrogen-bond acceptors (Lipinski definition) is 3. The van der Waals surface area contributed by atoms with Gasteiger partial charge in [-0.25, -0.2) is 4.98 Å². The number of ether oxygens (including phenoxy) is 1. The standard InChI is InChI=1S/C13H16N2O2/c1-11-14-7-8-15(11)9-12(16)10-17-13-5-3-2-4-6-13/h2-8,12,16H,9-10H2,1H3/t12-/m0/s1. The van der Waals surface area contributed by atoms with Gasteiger partial charge in [-0.15, -0.1) is 0 Å². The van der Waals surface area contributed by atoms with E-state index in [1.54, 1.807) is 6.20 Å². The van der Waals surface area contributed by atoms with Crippen molar-refractivity contribution in [1.82, 2.24) is 9.55 Å². The molecule has 1 aromatic heterocycles. The maximum absolute atomic E-state index is 9.83. The molecule has 1 heterocycles. The number of nitrogens with zero attached hydrogens (tertiary/aromatic N) is 2. The van der Waals surface area contributed by atoms with Gasteiger partial charge >= 0.3 is 0 Å². The number of aryl methyl sites for hydroxylation is 1. The first-order chi connectivity index (χ1) is 8.25. The molecule has 0 amide bonds. The van der Waals surface area contributed by atoms with Crippen LogP contribution in [0.5, 0.6) is 5.75 Å². The van der Waals surface area contributed by atoms with E-state index in [2.05, 4.69) is 4.98 Å². The monoisotopic (exact) mass is 232 g/mol. The van der Waals surface area contributed by atoms with Crippen LogP contribution in [-0.2, 0) is 6.54 Å². The van der Waals surface area contributed by atoms with Crippen molar-refractivity contribution in [1.29, 1.82) is 0 Å². The quantitative estimate of drug-likeness (QED) is 0.852. The Morgan fingerprint density at radius 2 is 2.12 bits per heavy atom. The Morgan fingerprint density at radius 1 is 1.35 bits per heavy atom. The number of hydrogen-bond donors (Lipinski definition) is 1. The molecular weight excluding hydrogens is 216 g/mol. The predicted molar refractivity (Wildman–Crippen MR) is 64.9 cm³/mol. The maximum atomic E-state index is 9.83. The summed E-state index contributed by atoms with van der Waals surface area (Å²) < 4.78 is 7.37. The minimum atomic E-state index is -0.539. The zero-order valence-electron chi connectivity index (χ0n) is 9.78. The van der Waals surface area contributed by atoms with E-state index in [1.807, 2.05) is 48.0 Å². The molecule has 0 aliphatic heterocycles. The molecular formula is C13H16N2O2. The molecule has 0 spiro atoms. The lowest BCUT2D eigenvalue weighted by atomic mass is 10.3. The summed E-state index contributed by atoms with van der Waals surface area (Å²) >= 11 is 0. The van der Waals surface area contributed by atoms with Gasteiger partial charge in [-0.05, 0) is 19.1 Å². The second-order valence-electron chi connectivity index (χ2n) is 3.90. The number of para-hydroxylation sites is 1. The van der Waals surface area contributed by atoms with Gasteiger partial charge in [-0.3, -0.25) is 0 Å². The average molecular weight is 232 g/mol. The fourth-order valence-corrected chi connectivity index (χ4v) is 1.59. The summed E-state index contributed by atoms with van der Waals surface area (Å²) in [6.07, 6.45) is 3.03. The van der Waals surface area contributed by atoms with Crippen LogP contribution in [0.1, 0.15) is 5.82 Å². The first kappa shape index (κ1) is 11.7. The molecule has 4 nitrogen and oxygen atoms in total. The second-order valence-corrected chi connectivity index (χ2v) is 3.90. The van der Waals surface area contributed by atoms with Crippen molar-refractivity contribution >= 4 is 0 Å². The normalized spacial score (nSPS) is 12.4. The molecule has 1 N–H and O–H groups in total. The van der Waals surface area contributed by atoms with E-state index in [0.29, 0.717) is 6.54 Å². The third-order valence-electron chi connectivity index (χ3n) is 2.52. The third-order valence-corrected chi connectivity index (χ3v) is 2.52. The summed E-state index contributed by atoms with van der Waals surface area (Å²) in [6, 6.07) is 9.48. The Morgan fingerprint density at radius 3 is 2.76 bits per heavy atom. The molecule has 0 radical (unpaired) electrons. The highest BCUT2D eigenvalue weighted by molar-refractivity contribution is 5.20. The van der Waals surface area contributed by atoms with Crippen LogP contribution in [0.25, 0.3) is 0 Å². The summed E-state index contributed by atoms with van der Waals surface area (Å²) in [6.45, 7) is 2.69. The number of benzene rings is 1. The van der Waals surface area contributed by atoms with E-state index >= 15 is 0 Å². The minimum absolute atomic E-state index is 0.279. The Bertz CT molecular complexity index is 453. The Labute approximate surface area is 100 Å². The average Bonchev–Trinajstić information content (AvgIpc) is 2.74. The van der Waals surface area contributed by atoms with Crippen LogP contribution in [0, 0.1) is 6.92 Å². The summed E-state index contributed by atoms with van der Waals surface area (Å²) in [5.74, 6) is 1.66. The summed E-state index contributed by atoms with van der Waals surface area (Å²) in [7, 11) is 0. The number of aliphatic hydroxyl groups excluding tert-OH is 1. The zero-order chi connectivity index (χ0) is 12.1. The molecule has 0 saturated heterocycles. The van der Waals surface area contributed by atoms with Gasteiger partial charge in [0.2, 0.25) is 0 Å². The highest BCUT2D eigenvalue weighted by Gasteiger charge is 2.07. The van der Waals surface area contributed by atoms with Gasteiger partial charge in [-0.1, -0.05) is 18.2 Å². The van der Waals surface area contributed by atoms with E-state index in [9.17, 15) is 5.11 Å². The summed E-state index contributed by atoms with van der Waals surface area (Å²) in [5, 5.41) is 9.83. The summed E-state index contributed by atoms with van der Waals surface area (Å²) in [4.78, 5) is 4.10. The van der Waals surface area contributed by atoms with Crippen molar-refractivity contribution in [2.24, 2.45) is 0 Å². The van der Waals surface area contributed by atoms with Gasteiger partial charge in [0.05, 0.1) is 6.54 Å². The Balaban J connectivity index is 1.82. The molecule has 1 aromatic carbocycles. The number of rotatable bonds is 5. The molecule has 17 heavy (non-hydrogen) atoms. The molecule has 0 bridgehead atoms. The van der Waals surface area contributed by atoms with Crippen molar-refractivity contribution in [3.63, 3.8) is 0 Å². The van der Waals surface area contributed by atoms with E-state index in [0.717, 1.165) is 11.6 Å². The largest absolute Gasteiger partial charge is 0.491 e. The molecule has 0 fully saturated rings. The number of aromatic nitrogens is 2. The highest BCUT2D eigenvalue weighted by Crippen LogP contribution is 2.09. The molecule has 90 valence electrons. The lowest BCUT2D eigenvalue weighted by molar-refractivity contribution is 0.0919. The molecule has 0 saturated carbocycles. The SMILES string of the molecule is Cc1nccn1C[C@H](O)COc1ccccc1. The van der Waals surface area contributed by atoms with Gasteiger partial charge in [0, 0.05) is 12.4 Å². The van der Waals surface area contributed by atoms with Gasteiger partial charge in [0.1, 0.15) is 24.3 Å². The van der Waals surface area contributed by atoms with E-state index in [4.69, 9.17) is 4.74 Å². The van der Waals surface area contributed by atoms with Crippen molar-refractivity contribution < 1.29 is 9.84 Å².